The van der Waals surface area contributed by atoms with Crippen LogP contribution in [0.15, 0.2) is 24.3 Å². The van der Waals surface area contributed by atoms with E-state index in [0.717, 1.165) is 50.9 Å². The summed E-state index contributed by atoms with van der Waals surface area (Å²) in [5, 5.41) is 12.4. The third kappa shape index (κ3) is 4.35. The van der Waals surface area contributed by atoms with E-state index in [0.29, 0.717) is 30.6 Å². The number of rotatable bonds is 3. The van der Waals surface area contributed by atoms with Crippen molar-refractivity contribution in [3.8, 4) is 5.69 Å². The highest BCUT2D eigenvalue weighted by molar-refractivity contribution is 5.37. The van der Waals surface area contributed by atoms with Gasteiger partial charge >= 0.3 is 6.18 Å². The monoisotopic (exact) mass is 438 g/mol. The molecule has 9 heteroatoms. The van der Waals surface area contributed by atoms with Crippen LogP contribution in [0.5, 0.6) is 0 Å². The molecule has 1 aromatic carbocycles. The highest BCUT2D eigenvalue weighted by Crippen LogP contribution is 2.44. The standard InChI is InChI=1S/C22H30F3N5O/c1-20(2,3)16-7-9-21(10-8-16,29-11-13-31-14-12-29)19-26-27-28-30(19)18-6-4-5-17(15-18)22(23,24)25/h4-6,15-16H,7-14H2,1-3H3/p+1. The number of morpholine rings is 1. The van der Waals surface area contributed by atoms with Crippen molar-refractivity contribution in [3.63, 3.8) is 0 Å². The lowest BCUT2D eigenvalue weighted by molar-refractivity contribution is -0.971. The summed E-state index contributed by atoms with van der Waals surface area (Å²) in [5.41, 5.74) is -0.460. The molecule has 0 amide bonds. The smallest absolute Gasteiger partial charge is 0.370 e. The fraction of sp³-hybridized carbons (Fsp3) is 0.682. The van der Waals surface area contributed by atoms with E-state index in [1.54, 1.807) is 6.07 Å². The summed E-state index contributed by atoms with van der Waals surface area (Å²) >= 11 is 0. The van der Waals surface area contributed by atoms with Gasteiger partial charge in [-0.25, -0.2) is 0 Å². The van der Waals surface area contributed by atoms with Crippen LogP contribution in [0.1, 0.15) is 57.8 Å². The first-order chi connectivity index (χ1) is 14.6. The zero-order valence-corrected chi connectivity index (χ0v) is 18.4. The maximum atomic E-state index is 13.3. The molecule has 31 heavy (non-hydrogen) atoms. The molecule has 0 radical (unpaired) electrons. The van der Waals surface area contributed by atoms with Crippen LogP contribution >= 0.6 is 0 Å². The van der Waals surface area contributed by atoms with Crippen LogP contribution in [0.3, 0.4) is 0 Å². The number of hydrogen-bond acceptors (Lipinski definition) is 4. The van der Waals surface area contributed by atoms with Crippen LogP contribution in [0, 0.1) is 11.3 Å². The average Bonchev–Trinajstić information content (AvgIpc) is 3.24. The minimum absolute atomic E-state index is 0.222. The number of alkyl halides is 3. The van der Waals surface area contributed by atoms with Gasteiger partial charge in [-0.1, -0.05) is 26.8 Å². The lowest BCUT2D eigenvalue weighted by atomic mass is 9.66. The molecule has 1 aliphatic carbocycles. The number of nitrogens with one attached hydrogen (secondary N) is 1. The van der Waals surface area contributed by atoms with Gasteiger partial charge in [0, 0.05) is 12.8 Å². The number of tetrazole rings is 1. The topological polar surface area (TPSA) is 57.3 Å². The predicted octanol–water partition coefficient (Wildman–Crippen LogP) is 3.03. The molecule has 4 rings (SSSR count). The molecule has 1 saturated heterocycles. The van der Waals surface area contributed by atoms with Crippen molar-refractivity contribution in [1.29, 1.82) is 0 Å². The van der Waals surface area contributed by atoms with Crippen LogP contribution in [-0.2, 0) is 16.5 Å². The van der Waals surface area contributed by atoms with E-state index < -0.39 is 11.7 Å². The SMILES string of the molecule is CC(C)(C)C1CCC(c2nnnn2-c2cccc(C(F)(F)F)c2)([NH+]2CCOCC2)CC1. The zero-order chi connectivity index (χ0) is 22.3. The number of benzene rings is 1. The Hall–Kier alpha value is -2.00. The zero-order valence-electron chi connectivity index (χ0n) is 18.4. The van der Waals surface area contributed by atoms with Crippen LogP contribution in [0.2, 0.25) is 0 Å². The van der Waals surface area contributed by atoms with Crippen LogP contribution in [0.25, 0.3) is 5.69 Å². The number of nitrogens with zero attached hydrogens (tertiary/aromatic N) is 4. The molecule has 0 unspecified atom stereocenters. The molecule has 170 valence electrons. The van der Waals surface area contributed by atoms with E-state index >= 15 is 0 Å². The second kappa shape index (κ2) is 8.16. The Kier molecular flexibility index (Phi) is 5.85. The lowest BCUT2D eigenvalue weighted by Crippen LogP contribution is -3.20. The van der Waals surface area contributed by atoms with Crippen molar-refractivity contribution in [3.05, 3.63) is 35.7 Å². The van der Waals surface area contributed by atoms with Crippen molar-refractivity contribution >= 4 is 0 Å². The Balaban J connectivity index is 1.74. The Morgan fingerprint density at radius 1 is 1.10 bits per heavy atom. The molecule has 2 heterocycles. The van der Waals surface area contributed by atoms with Gasteiger partial charge < -0.3 is 9.64 Å². The van der Waals surface area contributed by atoms with Gasteiger partial charge in [-0.2, -0.15) is 17.9 Å². The molecule has 0 bridgehead atoms. The largest absolute Gasteiger partial charge is 0.416 e. The number of hydrogen-bond donors (Lipinski definition) is 1. The van der Waals surface area contributed by atoms with Gasteiger partial charge in [-0.05, 0) is 52.8 Å². The normalized spacial score (nSPS) is 26.2. The number of aromatic nitrogens is 4. The van der Waals surface area contributed by atoms with Gasteiger partial charge in [0.2, 0.25) is 5.82 Å². The number of ether oxygens (including phenoxy) is 1. The Bertz CT molecular complexity index is 891. The summed E-state index contributed by atoms with van der Waals surface area (Å²) < 4.78 is 47.0. The van der Waals surface area contributed by atoms with Gasteiger partial charge in [0.25, 0.3) is 0 Å². The molecule has 2 aliphatic rings. The van der Waals surface area contributed by atoms with E-state index in [1.165, 1.54) is 15.6 Å². The molecule has 1 aromatic heterocycles. The summed E-state index contributed by atoms with van der Waals surface area (Å²) in [6, 6.07) is 5.25. The highest BCUT2D eigenvalue weighted by Gasteiger charge is 2.51. The molecular weight excluding hydrogens is 407 g/mol. The van der Waals surface area contributed by atoms with E-state index in [-0.39, 0.29) is 11.0 Å². The maximum absolute atomic E-state index is 13.3. The Morgan fingerprint density at radius 2 is 1.77 bits per heavy atom. The predicted molar refractivity (Wildman–Crippen MR) is 109 cm³/mol. The maximum Gasteiger partial charge on any atom is 0.416 e. The van der Waals surface area contributed by atoms with Crippen molar-refractivity contribution in [2.45, 2.75) is 58.2 Å². The molecule has 6 nitrogen and oxygen atoms in total. The summed E-state index contributed by atoms with van der Waals surface area (Å²) in [4.78, 5) is 1.37. The third-order valence-electron chi connectivity index (χ3n) is 7.15. The molecule has 0 spiro atoms. The first-order valence-corrected chi connectivity index (χ1v) is 11.0. The summed E-state index contributed by atoms with van der Waals surface area (Å²) in [7, 11) is 0. The molecule has 2 fully saturated rings. The molecule has 2 aromatic rings. The van der Waals surface area contributed by atoms with Crippen molar-refractivity contribution in [2.24, 2.45) is 11.3 Å². The molecular formula is C22H31F3N5O+. The quantitative estimate of drug-likeness (QED) is 0.801. The fourth-order valence-corrected chi connectivity index (χ4v) is 5.28. The first kappa shape index (κ1) is 22.2. The third-order valence-corrected chi connectivity index (χ3v) is 7.15. The van der Waals surface area contributed by atoms with Crippen molar-refractivity contribution in [2.75, 3.05) is 26.3 Å². The van der Waals surface area contributed by atoms with Crippen LogP contribution in [-0.4, -0.2) is 46.5 Å². The van der Waals surface area contributed by atoms with Crippen molar-refractivity contribution < 1.29 is 22.8 Å². The summed E-state index contributed by atoms with van der Waals surface area (Å²) in [5.74, 6) is 1.26. The molecule has 1 N–H and O–H groups in total. The van der Waals surface area contributed by atoms with Gasteiger partial charge in [-0.15, -0.1) is 5.10 Å². The highest BCUT2D eigenvalue weighted by atomic mass is 19.4. The van der Waals surface area contributed by atoms with Gasteiger partial charge in [0.05, 0.1) is 24.5 Å². The van der Waals surface area contributed by atoms with Gasteiger partial charge in [-0.3, -0.25) is 0 Å². The van der Waals surface area contributed by atoms with E-state index in [4.69, 9.17) is 4.74 Å². The summed E-state index contributed by atoms with van der Waals surface area (Å²) in [6.07, 6.45) is -0.512. The lowest BCUT2D eigenvalue weighted by Gasteiger charge is -2.47. The van der Waals surface area contributed by atoms with Gasteiger partial charge in [0.15, 0.2) is 5.54 Å². The van der Waals surface area contributed by atoms with Gasteiger partial charge in [0.1, 0.15) is 13.1 Å². The molecule has 0 atom stereocenters. The molecule has 1 aliphatic heterocycles. The second-order valence-corrected chi connectivity index (χ2v) is 9.90. The first-order valence-electron chi connectivity index (χ1n) is 11.0. The second-order valence-electron chi connectivity index (χ2n) is 9.90. The minimum atomic E-state index is -4.41. The molecule has 1 saturated carbocycles. The van der Waals surface area contributed by atoms with Crippen LogP contribution in [0.4, 0.5) is 13.2 Å². The minimum Gasteiger partial charge on any atom is -0.370 e. The number of quaternary nitrogens is 1. The fourth-order valence-electron chi connectivity index (χ4n) is 5.28. The van der Waals surface area contributed by atoms with Crippen molar-refractivity contribution in [1.82, 2.24) is 20.2 Å². The van der Waals surface area contributed by atoms with Crippen LogP contribution < -0.4 is 4.90 Å². The average molecular weight is 439 g/mol. The van der Waals surface area contributed by atoms with E-state index in [1.807, 2.05) is 0 Å². The Morgan fingerprint density at radius 3 is 2.39 bits per heavy atom. The summed E-state index contributed by atoms with van der Waals surface area (Å²) in [6.45, 7) is 9.86. The van der Waals surface area contributed by atoms with E-state index in [9.17, 15) is 13.2 Å². The number of halogens is 3. The van der Waals surface area contributed by atoms with E-state index in [2.05, 4.69) is 36.3 Å². The Labute approximate surface area is 180 Å².